The van der Waals surface area contributed by atoms with Gasteiger partial charge in [0.1, 0.15) is 5.75 Å². The Bertz CT molecular complexity index is 613. The minimum Gasteiger partial charge on any atom is -0.435 e. The fourth-order valence-corrected chi connectivity index (χ4v) is 2.55. The van der Waals surface area contributed by atoms with Gasteiger partial charge in [0.25, 0.3) is 5.89 Å². The van der Waals surface area contributed by atoms with Gasteiger partial charge in [0.2, 0.25) is 0 Å². The Morgan fingerprint density at radius 2 is 1.82 bits per heavy atom. The van der Waals surface area contributed by atoms with Gasteiger partial charge < -0.3 is 15.0 Å². The number of ether oxygens (including phenoxy) is 1. The molecule has 0 saturated heterocycles. The molecule has 2 aromatic rings. The second kappa shape index (κ2) is 6.58. The van der Waals surface area contributed by atoms with Crippen LogP contribution in [0.15, 0.2) is 28.8 Å². The number of rotatable bonds is 4. The SMILES string of the molecule is Cl.NC1(c2noc(-c3ccc(OC(F)F)cc3)n2)CCCC1. The fraction of sp³-hybridized carbons (Fsp3) is 0.429. The van der Waals surface area contributed by atoms with Gasteiger partial charge in [-0.2, -0.15) is 13.8 Å². The summed E-state index contributed by atoms with van der Waals surface area (Å²) in [5, 5.41) is 3.95. The molecule has 1 saturated carbocycles. The second-order valence-electron chi connectivity index (χ2n) is 5.19. The zero-order valence-electron chi connectivity index (χ0n) is 11.7. The number of alkyl halides is 2. The van der Waals surface area contributed by atoms with Gasteiger partial charge in [-0.3, -0.25) is 0 Å². The third kappa shape index (κ3) is 3.36. The molecule has 0 amide bonds. The summed E-state index contributed by atoms with van der Waals surface area (Å²) in [6.45, 7) is -2.84. The van der Waals surface area contributed by atoms with Crippen molar-refractivity contribution in [1.29, 1.82) is 0 Å². The van der Waals surface area contributed by atoms with Gasteiger partial charge in [-0.1, -0.05) is 18.0 Å². The summed E-state index contributed by atoms with van der Waals surface area (Å²) < 4.78 is 33.7. The van der Waals surface area contributed by atoms with Crippen LogP contribution in [0.25, 0.3) is 11.5 Å². The molecule has 0 atom stereocenters. The van der Waals surface area contributed by atoms with Gasteiger partial charge in [-0.05, 0) is 37.1 Å². The Hall–Kier alpha value is -1.73. The Morgan fingerprint density at radius 1 is 1.18 bits per heavy atom. The molecule has 1 aliphatic rings. The molecule has 1 heterocycles. The van der Waals surface area contributed by atoms with Gasteiger partial charge in [-0.15, -0.1) is 12.4 Å². The predicted molar refractivity (Wildman–Crippen MR) is 77.9 cm³/mol. The van der Waals surface area contributed by atoms with Crippen LogP contribution in [0.3, 0.4) is 0 Å². The van der Waals surface area contributed by atoms with Crippen LogP contribution < -0.4 is 10.5 Å². The molecule has 0 unspecified atom stereocenters. The minimum atomic E-state index is -2.84. The molecule has 2 N–H and O–H groups in total. The molecule has 0 spiro atoms. The van der Waals surface area contributed by atoms with Gasteiger partial charge in [0.05, 0.1) is 5.54 Å². The second-order valence-corrected chi connectivity index (χ2v) is 5.19. The number of aromatic nitrogens is 2. The van der Waals surface area contributed by atoms with Gasteiger partial charge >= 0.3 is 6.61 Å². The van der Waals surface area contributed by atoms with Gasteiger partial charge in [0, 0.05) is 5.56 Å². The zero-order valence-corrected chi connectivity index (χ0v) is 12.5. The van der Waals surface area contributed by atoms with Crippen molar-refractivity contribution in [3.05, 3.63) is 30.1 Å². The molecular formula is C14H16ClF2N3O2. The maximum Gasteiger partial charge on any atom is 0.387 e. The first-order valence-corrected chi connectivity index (χ1v) is 6.75. The third-order valence-electron chi connectivity index (χ3n) is 3.69. The molecule has 8 heteroatoms. The monoisotopic (exact) mass is 331 g/mol. The summed E-state index contributed by atoms with van der Waals surface area (Å²) >= 11 is 0. The molecule has 120 valence electrons. The van der Waals surface area contributed by atoms with E-state index in [1.807, 2.05) is 0 Å². The Balaban J connectivity index is 0.00000176. The lowest BCUT2D eigenvalue weighted by atomic mass is 9.99. The van der Waals surface area contributed by atoms with Crippen molar-refractivity contribution < 1.29 is 18.0 Å². The lowest BCUT2D eigenvalue weighted by molar-refractivity contribution is -0.0498. The van der Waals surface area contributed by atoms with E-state index < -0.39 is 12.2 Å². The number of halogens is 3. The van der Waals surface area contributed by atoms with Crippen LogP contribution in [-0.2, 0) is 5.54 Å². The van der Waals surface area contributed by atoms with Gasteiger partial charge in [0.15, 0.2) is 5.82 Å². The summed E-state index contributed by atoms with van der Waals surface area (Å²) in [5.74, 6) is 0.910. The van der Waals surface area contributed by atoms with Crippen LogP contribution >= 0.6 is 12.4 Å². The van der Waals surface area contributed by atoms with Crippen LogP contribution in [0.1, 0.15) is 31.5 Å². The maximum absolute atomic E-state index is 12.1. The summed E-state index contributed by atoms with van der Waals surface area (Å²) in [5.41, 5.74) is 6.39. The molecule has 1 fully saturated rings. The molecule has 0 aliphatic heterocycles. The van der Waals surface area contributed by atoms with E-state index in [1.54, 1.807) is 12.1 Å². The smallest absolute Gasteiger partial charge is 0.387 e. The molecule has 1 aromatic heterocycles. The van der Waals surface area contributed by atoms with E-state index in [2.05, 4.69) is 14.9 Å². The largest absolute Gasteiger partial charge is 0.435 e. The first-order chi connectivity index (χ1) is 10.1. The Morgan fingerprint density at radius 3 is 2.41 bits per heavy atom. The van der Waals surface area contributed by atoms with Gasteiger partial charge in [-0.25, -0.2) is 0 Å². The van der Waals surface area contributed by atoms with Crippen molar-refractivity contribution in [2.45, 2.75) is 37.8 Å². The van der Waals surface area contributed by atoms with Crippen LogP contribution in [0.4, 0.5) is 8.78 Å². The van der Waals surface area contributed by atoms with Crippen LogP contribution in [0.2, 0.25) is 0 Å². The van der Waals surface area contributed by atoms with Crippen LogP contribution in [-0.4, -0.2) is 16.8 Å². The normalized spacial score (nSPS) is 16.5. The molecule has 3 rings (SSSR count). The van der Waals surface area contributed by atoms with Crippen molar-refractivity contribution in [3.8, 4) is 17.2 Å². The first kappa shape index (κ1) is 16.6. The van der Waals surface area contributed by atoms with Crippen molar-refractivity contribution >= 4 is 12.4 Å². The highest BCUT2D eigenvalue weighted by Crippen LogP contribution is 2.35. The quantitative estimate of drug-likeness (QED) is 0.928. The van der Waals surface area contributed by atoms with Crippen LogP contribution in [0, 0.1) is 0 Å². The summed E-state index contributed by atoms with van der Waals surface area (Å²) in [7, 11) is 0. The first-order valence-electron chi connectivity index (χ1n) is 6.75. The Labute approximate surface area is 132 Å². The van der Waals surface area contributed by atoms with E-state index >= 15 is 0 Å². The van der Waals surface area contributed by atoms with Crippen molar-refractivity contribution in [2.75, 3.05) is 0 Å². The summed E-state index contributed by atoms with van der Waals surface area (Å²) in [6.07, 6.45) is 3.79. The lowest BCUT2D eigenvalue weighted by Gasteiger charge is -2.17. The summed E-state index contributed by atoms with van der Waals surface area (Å²) in [6, 6.07) is 6.04. The van der Waals surface area contributed by atoms with Crippen molar-refractivity contribution in [2.24, 2.45) is 5.73 Å². The highest BCUT2D eigenvalue weighted by Gasteiger charge is 2.36. The van der Waals surface area contributed by atoms with E-state index in [9.17, 15) is 8.78 Å². The third-order valence-corrected chi connectivity index (χ3v) is 3.69. The van der Waals surface area contributed by atoms with E-state index in [4.69, 9.17) is 10.3 Å². The van der Waals surface area contributed by atoms with Crippen molar-refractivity contribution in [1.82, 2.24) is 10.1 Å². The molecule has 22 heavy (non-hydrogen) atoms. The molecular weight excluding hydrogens is 316 g/mol. The number of hydrogen-bond donors (Lipinski definition) is 1. The van der Waals surface area contributed by atoms with E-state index in [-0.39, 0.29) is 18.2 Å². The number of hydrogen-bond acceptors (Lipinski definition) is 5. The standard InChI is InChI=1S/C14H15F2N3O2.ClH/c15-13(16)20-10-5-3-9(4-6-10)11-18-12(19-21-11)14(17)7-1-2-8-14;/h3-6,13H,1-2,7-8,17H2;1H. The predicted octanol–water partition coefficient (Wildman–Crippen LogP) is 3.49. The Kier molecular flexibility index (Phi) is 4.97. The molecule has 0 bridgehead atoms. The lowest BCUT2D eigenvalue weighted by Crippen LogP contribution is -2.34. The average molecular weight is 332 g/mol. The number of benzene rings is 1. The zero-order chi connectivity index (χ0) is 14.9. The van der Waals surface area contributed by atoms with E-state index in [0.29, 0.717) is 17.3 Å². The minimum absolute atomic E-state index is 0. The molecule has 1 aliphatic carbocycles. The highest BCUT2D eigenvalue weighted by atomic mass is 35.5. The molecule has 5 nitrogen and oxygen atoms in total. The number of nitrogens with two attached hydrogens (primary N) is 1. The fourth-order valence-electron chi connectivity index (χ4n) is 2.55. The average Bonchev–Trinajstić information content (AvgIpc) is 3.09. The summed E-state index contributed by atoms with van der Waals surface area (Å²) in [4.78, 5) is 4.33. The topological polar surface area (TPSA) is 74.2 Å². The van der Waals surface area contributed by atoms with Crippen molar-refractivity contribution in [3.63, 3.8) is 0 Å². The highest BCUT2D eigenvalue weighted by molar-refractivity contribution is 5.85. The van der Waals surface area contributed by atoms with E-state index in [0.717, 1.165) is 25.7 Å². The molecule has 1 aromatic carbocycles. The van der Waals surface area contributed by atoms with E-state index in [1.165, 1.54) is 12.1 Å². The maximum atomic E-state index is 12.1. The molecule has 0 radical (unpaired) electrons. The van der Waals surface area contributed by atoms with Crippen LogP contribution in [0.5, 0.6) is 5.75 Å². The number of nitrogens with zero attached hydrogens (tertiary/aromatic N) is 2.